The van der Waals surface area contributed by atoms with Crippen molar-refractivity contribution in [3.63, 3.8) is 0 Å². The van der Waals surface area contributed by atoms with E-state index in [0.717, 1.165) is 38.5 Å². The fraction of sp³-hybridized carbons (Fsp3) is 0.867. The van der Waals surface area contributed by atoms with Gasteiger partial charge in [-0.15, -0.1) is 0 Å². The molecule has 0 aromatic heterocycles. The topological polar surface area (TPSA) is 85.6 Å². The zero-order valence-electron chi connectivity index (χ0n) is 13.1. The van der Waals surface area contributed by atoms with E-state index >= 15 is 0 Å². The fourth-order valence-corrected chi connectivity index (χ4v) is 2.82. The summed E-state index contributed by atoms with van der Waals surface area (Å²) in [5.74, 6) is -0.162. The number of likely N-dealkylation sites (N-methyl/N-ethyl adjacent to an activating group) is 1. The van der Waals surface area contributed by atoms with Crippen molar-refractivity contribution >= 4 is 5.91 Å². The van der Waals surface area contributed by atoms with Crippen molar-refractivity contribution in [3.8, 4) is 6.07 Å². The normalized spacial score (nSPS) is 19.6. The maximum Gasteiger partial charge on any atom is 0.235 e. The van der Waals surface area contributed by atoms with Gasteiger partial charge in [-0.3, -0.25) is 9.69 Å². The summed E-state index contributed by atoms with van der Waals surface area (Å²) in [6, 6.07) is 2.30. The van der Waals surface area contributed by atoms with E-state index < -0.39 is 11.6 Å². The van der Waals surface area contributed by atoms with E-state index in [4.69, 9.17) is 4.74 Å². The molecule has 0 aromatic carbocycles. The second kappa shape index (κ2) is 8.98. The molecule has 1 amide bonds. The third-order valence-electron chi connectivity index (χ3n) is 3.84. The Kier molecular flexibility index (Phi) is 7.65. The van der Waals surface area contributed by atoms with E-state index in [-0.39, 0.29) is 19.1 Å². The van der Waals surface area contributed by atoms with E-state index in [1.165, 1.54) is 7.11 Å². The molecule has 0 aromatic rings. The maximum absolute atomic E-state index is 12.1. The number of nitrogens with one attached hydrogen (secondary N) is 1. The van der Waals surface area contributed by atoms with Gasteiger partial charge in [-0.25, -0.2) is 0 Å². The largest absolute Gasteiger partial charge is 0.389 e. The number of carbonyl (C=O) groups excluding carboxylic acids is 1. The standard InChI is InChI=1S/C15H27N3O3/c1-18(9-13(19)11-21-2)10-14(20)17-15(12-16)7-5-3-4-6-8-15/h13,19H,3-11H2,1-2H3,(H,17,20). The summed E-state index contributed by atoms with van der Waals surface area (Å²) in [6.45, 7) is 0.777. The summed E-state index contributed by atoms with van der Waals surface area (Å²) in [7, 11) is 3.29. The Bertz CT molecular complexity index is 360. The van der Waals surface area contributed by atoms with Crippen molar-refractivity contribution in [3.05, 3.63) is 0 Å². The van der Waals surface area contributed by atoms with Crippen LogP contribution in [0.25, 0.3) is 0 Å². The molecule has 1 rings (SSSR count). The minimum Gasteiger partial charge on any atom is -0.389 e. The van der Waals surface area contributed by atoms with E-state index in [1.807, 2.05) is 0 Å². The van der Waals surface area contributed by atoms with Gasteiger partial charge in [-0.2, -0.15) is 5.26 Å². The minimum atomic E-state index is -0.709. The molecule has 0 saturated heterocycles. The Morgan fingerprint density at radius 1 is 1.43 bits per heavy atom. The predicted octanol–water partition coefficient (Wildman–Crippen LogP) is 0.658. The molecule has 1 atom stereocenters. The van der Waals surface area contributed by atoms with Crippen molar-refractivity contribution < 1.29 is 14.6 Å². The molecule has 0 radical (unpaired) electrons. The number of hydrogen-bond donors (Lipinski definition) is 2. The molecule has 1 fully saturated rings. The SMILES string of the molecule is COCC(O)CN(C)CC(=O)NC1(C#N)CCCCCC1. The molecule has 0 spiro atoms. The number of rotatable bonds is 7. The lowest BCUT2D eigenvalue weighted by Crippen LogP contribution is -2.50. The van der Waals surface area contributed by atoms with Crippen molar-refractivity contribution in [1.82, 2.24) is 10.2 Å². The van der Waals surface area contributed by atoms with Crippen LogP contribution in [0.2, 0.25) is 0 Å². The maximum atomic E-state index is 12.1. The molecule has 120 valence electrons. The molecule has 0 aliphatic heterocycles. The van der Waals surface area contributed by atoms with Gasteiger partial charge in [-0.05, 0) is 19.9 Å². The molecule has 1 aliphatic rings. The van der Waals surface area contributed by atoms with E-state index in [1.54, 1.807) is 11.9 Å². The van der Waals surface area contributed by atoms with Gasteiger partial charge in [0.25, 0.3) is 0 Å². The zero-order valence-corrected chi connectivity index (χ0v) is 13.1. The lowest BCUT2D eigenvalue weighted by Gasteiger charge is -2.28. The van der Waals surface area contributed by atoms with Crippen LogP contribution in [0.15, 0.2) is 0 Å². The summed E-state index contributed by atoms with van der Waals surface area (Å²) < 4.78 is 4.86. The number of carbonyl (C=O) groups is 1. The third-order valence-corrected chi connectivity index (χ3v) is 3.84. The molecular formula is C15H27N3O3. The van der Waals surface area contributed by atoms with Gasteiger partial charge in [-0.1, -0.05) is 25.7 Å². The van der Waals surface area contributed by atoms with Crippen LogP contribution in [0.1, 0.15) is 38.5 Å². The number of hydrogen-bond acceptors (Lipinski definition) is 5. The Morgan fingerprint density at radius 3 is 2.57 bits per heavy atom. The fourth-order valence-electron chi connectivity index (χ4n) is 2.82. The number of aliphatic hydroxyl groups excluding tert-OH is 1. The van der Waals surface area contributed by atoms with Crippen LogP contribution in [0.5, 0.6) is 0 Å². The average Bonchev–Trinajstić information content (AvgIpc) is 2.64. The van der Waals surface area contributed by atoms with Gasteiger partial charge in [0.15, 0.2) is 0 Å². The van der Waals surface area contributed by atoms with Gasteiger partial charge in [0, 0.05) is 13.7 Å². The highest BCUT2D eigenvalue weighted by Gasteiger charge is 2.32. The minimum absolute atomic E-state index is 0.162. The molecule has 0 bridgehead atoms. The monoisotopic (exact) mass is 297 g/mol. The Morgan fingerprint density at radius 2 is 2.05 bits per heavy atom. The summed E-state index contributed by atoms with van der Waals surface area (Å²) in [6.07, 6.45) is 5.06. The molecule has 6 heteroatoms. The van der Waals surface area contributed by atoms with Gasteiger partial charge >= 0.3 is 0 Å². The lowest BCUT2D eigenvalue weighted by atomic mass is 9.92. The van der Waals surface area contributed by atoms with Gasteiger partial charge < -0.3 is 15.2 Å². The Balaban J connectivity index is 2.45. The average molecular weight is 297 g/mol. The first-order valence-electron chi connectivity index (χ1n) is 7.59. The highest BCUT2D eigenvalue weighted by atomic mass is 16.5. The number of nitrogens with zero attached hydrogens (tertiary/aromatic N) is 2. The van der Waals surface area contributed by atoms with Crippen molar-refractivity contribution in [2.75, 3.05) is 33.9 Å². The molecule has 1 aliphatic carbocycles. The van der Waals surface area contributed by atoms with Crippen LogP contribution in [0, 0.1) is 11.3 Å². The third kappa shape index (κ3) is 6.42. The second-order valence-electron chi connectivity index (χ2n) is 5.96. The zero-order chi connectivity index (χ0) is 15.7. The first-order chi connectivity index (χ1) is 10.0. The van der Waals surface area contributed by atoms with Gasteiger partial charge in [0.1, 0.15) is 5.54 Å². The number of nitriles is 1. The first kappa shape index (κ1) is 17.9. The van der Waals surface area contributed by atoms with Crippen molar-refractivity contribution in [2.24, 2.45) is 0 Å². The van der Waals surface area contributed by atoms with Gasteiger partial charge in [0.2, 0.25) is 5.91 Å². The van der Waals surface area contributed by atoms with Crippen LogP contribution in [-0.2, 0) is 9.53 Å². The van der Waals surface area contributed by atoms with Crippen LogP contribution in [0.3, 0.4) is 0 Å². The van der Waals surface area contributed by atoms with E-state index in [2.05, 4.69) is 11.4 Å². The van der Waals surface area contributed by atoms with Crippen LogP contribution >= 0.6 is 0 Å². The van der Waals surface area contributed by atoms with E-state index in [0.29, 0.717) is 6.54 Å². The lowest BCUT2D eigenvalue weighted by molar-refractivity contribution is -0.123. The van der Waals surface area contributed by atoms with Crippen LogP contribution in [-0.4, -0.2) is 61.4 Å². The summed E-state index contributed by atoms with van der Waals surface area (Å²) >= 11 is 0. The Labute approximate surface area is 127 Å². The molecule has 0 heterocycles. The number of methoxy groups -OCH3 is 1. The summed E-state index contributed by atoms with van der Waals surface area (Å²) in [4.78, 5) is 13.9. The highest BCUT2D eigenvalue weighted by molar-refractivity contribution is 5.79. The molecule has 1 unspecified atom stereocenters. The molecule has 1 saturated carbocycles. The van der Waals surface area contributed by atoms with Crippen LogP contribution < -0.4 is 5.32 Å². The number of amides is 1. The summed E-state index contributed by atoms with van der Waals surface area (Å²) in [5.41, 5.74) is -0.709. The summed E-state index contributed by atoms with van der Waals surface area (Å²) in [5, 5.41) is 22.0. The molecule has 21 heavy (non-hydrogen) atoms. The van der Waals surface area contributed by atoms with Crippen molar-refractivity contribution in [2.45, 2.75) is 50.2 Å². The first-order valence-corrected chi connectivity index (χ1v) is 7.59. The molecular weight excluding hydrogens is 270 g/mol. The Hall–Kier alpha value is -1.16. The van der Waals surface area contributed by atoms with Crippen molar-refractivity contribution in [1.29, 1.82) is 5.26 Å². The highest BCUT2D eigenvalue weighted by Crippen LogP contribution is 2.26. The molecule has 6 nitrogen and oxygen atoms in total. The smallest absolute Gasteiger partial charge is 0.235 e. The van der Waals surface area contributed by atoms with Crippen LogP contribution in [0.4, 0.5) is 0 Å². The van der Waals surface area contributed by atoms with E-state index in [9.17, 15) is 15.2 Å². The number of aliphatic hydroxyl groups is 1. The predicted molar refractivity (Wildman–Crippen MR) is 79.6 cm³/mol. The molecule has 2 N–H and O–H groups in total. The quantitative estimate of drug-likeness (QED) is 0.674. The number of ether oxygens (including phenoxy) is 1. The van der Waals surface area contributed by atoms with Gasteiger partial charge in [0.05, 0.1) is 25.3 Å². The second-order valence-corrected chi connectivity index (χ2v) is 5.96.